The van der Waals surface area contributed by atoms with Gasteiger partial charge >= 0.3 is 0 Å². The van der Waals surface area contributed by atoms with E-state index in [1.54, 1.807) is 0 Å². The van der Waals surface area contributed by atoms with E-state index in [2.05, 4.69) is 15.5 Å². The minimum atomic E-state index is -0.100. The van der Waals surface area contributed by atoms with Gasteiger partial charge in [0.1, 0.15) is 0 Å². The molecule has 0 aliphatic carbocycles. The van der Waals surface area contributed by atoms with Gasteiger partial charge in [-0.1, -0.05) is 41.6 Å². The molecule has 3 rings (SSSR count). The largest absolute Gasteiger partial charge is 0.349 e. The zero-order chi connectivity index (χ0) is 16.2. The second-order valence-corrected chi connectivity index (χ2v) is 6.42. The highest BCUT2D eigenvalue weighted by Gasteiger charge is 2.12. The zero-order valence-electron chi connectivity index (χ0n) is 12.4. The number of nitrogens with one attached hydrogen (secondary N) is 1. The summed E-state index contributed by atoms with van der Waals surface area (Å²) in [6.45, 7) is 1.93. The Bertz CT molecular complexity index is 836. The molecule has 118 valence electrons. The van der Waals surface area contributed by atoms with Gasteiger partial charge < -0.3 is 5.32 Å². The highest BCUT2D eigenvalue weighted by Crippen LogP contribution is 2.19. The quantitative estimate of drug-likeness (QED) is 0.720. The molecule has 2 heterocycles. The molecule has 0 saturated carbocycles. The molecule has 1 atom stereocenters. The maximum atomic E-state index is 12.1. The standard InChI is InChI=1S/C16H15ClN4OS/c1-11(12-5-4-6-13(17)9-12)18-15(22)10-23-16-20-19-14-7-2-3-8-21(14)16/h2-9,11H,10H2,1H3,(H,18,22)/t11-/m1/s1. The first kappa shape index (κ1) is 15.8. The number of halogens is 1. The van der Waals surface area contributed by atoms with Crippen molar-refractivity contribution in [2.45, 2.75) is 18.1 Å². The van der Waals surface area contributed by atoms with Gasteiger partial charge in [-0.3, -0.25) is 9.20 Å². The fraction of sp³-hybridized carbons (Fsp3) is 0.188. The Morgan fingerprint density at radius 3 is 3.00 bits per heavy atom. The normalized spacial score (nSPS) is 12.3. The molecule has 1 amide bonds. The van der Waals surface area contributed by atoms with Crippen LogP contribution in [0.5, 0.6) is 0 Å². The van der Waals surface area contributed by atoms with E-state index in [4.69, 9.17) is 11.6 Å². The van der Waals surface area contributed by atoms with E-state index in [1.165, 1.54) is 11.8 Å². The SMILES string of the molecule is C[C@@H](NC(=O)CSc1nnc2ccccn12)c1cccc(Cl)c1. The summed E-state index contributed by atoms with van der Waals surface area (Å²) in [5, 5.41) is 12.5. The van der Waals surface area contributed by atoms with E-state index >= 15 is 0 Å². The monoisotopic (exact) mass is 346 g/mol. The summed E-state index contributed by atoms with van der Waals surface area (Å²) in [6, 6.07) is 13.1. The number of carbonyl (C=O) groups is 1. The van der Waals surface area contributed by atoms with Crippen LogP contribution in [0.25, 0.3) is 5.65 Å². The summed E-state index contributed by atoms with van der Waals surface area (Å²) in [4.78, 5) is 12.1. The van der Waals surface area contributed by atoms with Crippen LogP contribution in [-0.2, 0) is 4.79 Å². The molecule has 0 fully saturated rings. The lowest BCUT2D eigenvalue weighted by molar-refractivity contribution is -0.119. The first-order chi connectivity index (χ1) is 11.1. The molecule has 0 unspecified atom stereocenters. The second-order valence-electron chi connectivity index (χ2n) is 5.04. The highest BCUT2D eigenvalue weighted by molar-refractivity contribution is 7.99. The Hall–Kier alpha value is -2.05. The first-order valence-electron chi connectivity index (χ1n) is 7.11. The van der Waals surface area contributed by atoms with Crippen LogP contribution < -0.4 is 5.32 Å². The Labute approximate surface area is 143 Å². The van der Waals surface area contributed by atoms with Crippen molar-refractivity contribution < 1.29 is 4.79 Å². The molecule has 0 bridgehead atoms. The van der Waals surface area contributed by atoms with Crippen LogP contribution in [0.3, 0.4) is 0 Å². The maximum absolute atomic E-state index is 12.1. The third kappa shape index (κ3) is 3.83. The van der Waals surface area contributed by atoms with E-state index in [0.29, 0.717) is 10.2 Å². The molecule has 1 N–H and O–H groups in total. The fourth-order valence-corrected chi connectivity index (χ4v) is 3.12. The summed E-state index contributed by atoms with van der Waals surface area (Å²) in [5.74, 6) is 0.218. The number of hydrogen-bond acceptors (Lipinski definition) is 4. The maximum Gasteiger partial charge on any atom is 0.230 e. The predicted molar refractivity (Wildman–Crippen MR) is 91.7 cm³/mol. The molecular formula is C16H15ClN4OS. The average molecular weight is 347 g/mol. The van der Waals surface area contributed by atoms with E-state index in [9.17, 15) is 4.79 Å². The number of carbonyl (C=O) groups excluding carboxylic acids is 1. The summed E-state index contributed by atoms with van der Waals surface area (Å²) in [7, 11) is 0. The molecule has 7 heteroatoms. The van der Waals surface area contributed by atoms with Crippen molar-refractivity contribution in [2.24, 2.45) is 0 Å². The van der Waals surface area contributed by atoms with Crippen LogP contribution in [0.15, 0.2) is 53.8 Å². The molecule has 1 aromatic carbocycles. The van der Waals surface area contributed by atoms with Crippen LogP contribution in [0.2, 0.25) is 5.02 Å². The number of amides is 1. The minimum Gasteiger partial charge on any atom is -0.349 e. The number of fused-ring (bicyclic) bond motifs is 1. The van der Waals surface area contributed by atoms with Crippen molar-refractivity contribution in [3.63, 3.8) is 0 Å². The molecule has 0 radical (unpaired) electrons. The van der Waals surface area contributed by atoms with Gasteiger partial charge in [-0.15, -0.1) is 10.2 Å². The smallest absolute Gasteiger partial charge is 0.230 e. The summed E-state index contributed by atoms with van der Waals surface area (Å²) >= 11 is 7.33. The van der Waals surface area contributed by atoms with Crippen LogP contribution in [-0.4, -0.2) is 26.3 Å². The Morgan fingerprint density at radius 1 is 1.30 bits per heavy atom. The average Bonchev–Trinajstić information content (AvgIpc) is 2.96. The van der Waals surface area contributed by atoms with Crippen molar-refractivity contribution in [3.05, 3.63) is 59.2 Å². The van der Waals surface area contributed by atoms with Crippen LogP contribution >= 0.6 is 23.4 Å². The van der Waals surface area contributed by atoms with Crippen molar-refractivity contribution in [3.8, 4) is 0 Å². The summed E-state index contributed by atoms with van der Waals surface area (Å²) in [5.41, 5.74) is 1.74. The number of nitrogens with zero attached hydrogens (tertiary/aromatic N) is 3. The van der Waals surface area contributed by atoms with Crippen LogP contribution in [0.1, 0.15) is 18.5 Å². The van der Waals surface area contributed by atoms with Gasteiger partial charge in [-0.25, -0.2) is 0 Å². The molecule has 0 saturated heterocycles. The van der Waals surface area contributed by atoms with E-state index in [0.717, 1.165) is 11.2 Å². The molecular weight excluding hydrogens is 332 g/mol. The van der Waals surface area contributed by atoms with Crippen molar-refractivity contribution >= 4 is 34.9 Å². The van der Waals surface area contributed by atoms with Gasteiger partial charge in [-0.2, -0.15) is 0 Å². The van der Waals surface area contributed by atoms with Crippen molar-refractivity contribution in [1.29, 1.82) is 0 Å². The minimum absolute atomic E-state index is 0.0600. The lowest BCUT2D eigenvalue weighted by Crippen LogP contribution is -2.28. The molecule has 23 heavy (non-hydrogen) atoms. The lowest BCUT2D eigenvalue weighted by atomic mass is 10.1. The van der Waals surface area contributed by atoms with Crippen LogP contribution in [0.4, 0.5) is 0 Å². The van der Waals surface area contributed by atoms with Gasteiger partial charge in [0, 0.05) is 11.2 Å². The summed E-state index contributed by atoms with van der Waals surface area (Å²) < 4.78 is 1.86. The Balaban J connectivity index is 1.59. The van der Waals surface area contributed by atoms with E-state index in [1.807, 2.05) is 60.0 Å². The molecule has 0 aliphatic rings. The van der Waals surface area contributed by atoms with Gasteiger partial charge in [0.15, 0.2) is 10.8 Å². The highest BCUT2D eigenvalue weighted by atomic mass is 35.5. The third-order valence-corrected chi connectivity index (χ3v) is 4.52. The summed E-state index contributed by atoms with van der Waals surface area (Å²) in [6.07, 6.45) is 1.88. The zero-order valence-corrected chi connectivity index (χ0v) is 14.0. The number of thioether (sulfide) groups is 1. The second kappa shape index (κ2) is 7.02. The topological polar surface area (TPSA) is 59.3 Å². The van der Waals surface area contributed by atoms with Gasteiger partial charge in [0.2, 0.25) is 5.91 Å². The van der Waals surface area contributed by atoms with Crippen molar-refractivity contribution in [1.82, 2.24) is 19.9 Å². The molecule has 5 nitrogen and oxygen atoms in total. The van der Waals surface area contributed by atoms with E-state index in [-0.39, 0.29) is 17.7 Å². The molecule has 2 aromatic heterocycles. The molecule has 3 aromatic rings. The van der Waals surface area contributed by atoms with Crippen LogP contribution in [0, 0.1) is 0 Å². The number of pyridine rings is 1. The van der Waals surface area contributed by atoms with Crippen molar-refractivity contribution in [2.75, 3.05) is 5.75 Å². The Morgan fingerprint density at radius 2 is 2.17 bits per heavy atom. The first-order valence-corrected chi connectivity index (χ1v) is 8.47. The number of hydrogen-bond donors (Lipinski definition) is 1. The number of rotatable bonds is 5. The van der Waals surface area contributed by atoms with Gasteiger partial charge in [-0.05, 0) is 36.8 Å². The number of benzene rings is 1. The third-order valence-electron chi connectivity index (χ3n) is 3.34. The fourth-order valence-electron chi connectivity index (χ4n) is 2.19. The molecule has 0 spiro atoms. The Kier molecular flexibility index (Phi) is 4.83. The van der Waals surface area contributed by atoms with Gasteiger partial charge in [0.05, 0.1) is 11.8 Å². The lowest BCUT2D eigenvalue weighted by Gasteiger charge is -2.14. The molecule has 0 aliphatic heterocycles. The van der Waals surface area contributed by atoms with E-state index < -0.39 is 0 Å². The number of aromatic nitrogens is 3. The van der Waals surface area contributed by atoms with Gasteiger partial charge in [0.25, 0.3) is 0 Å². The predicted octanol–water partition coefficient (Wildman–Crippen LogP) is 3.35.